The number of hydrogen-bond donors (Lipinski definition) is 1. The Morgan fingerprint density at radius 3 is 2.57 bits per heavy atom. The third kappa shape index (κ3) is 4.63. The molecule has 3 rings (SSSR count). The number of aromatic nitrogens is 3. The Balaban J connectivity index is 0.00000192. The first kappa shape index (κ1) is 17.7. The maximum atomic E-state index is 13.0. The van der Waals surface area contributed by atoms with Crippen molar-refractivity contribution in [3.63, 3.8) is 0 Å². The van der Waals surface area contributed by atoms with Gasteiger partial charge in [-0.05, 0) is 17.7 Å². The van der Waals surface area contributed by atoms with Crippen LogP contribution in [-0.4, -0.2) is 52.7 Å². The van der Waals surface area contributed by atoms with Crippen LogP contribution in [0.1, 0.15) is 11.3 Å². The van der Waals surface area contributed by atoms with Crippen LogP contribution in [0.2, 0.25) is 0 Å². The van der Waals surface area contributed by atoms with Crippen molar-refractivity contribution in [2.45, 2.75) is 13.0 Å². The lowest BCUT2D eigenvalue weighted by molar-refractivity contribution is 0.0382. The third-order valence-corrected chi connectivity index (χ3v) is 3.88. The second kappa shape index (κ2) is 8.24. The number of nitrogens with two attached hydrogens (primary N) is 1. The first-order chi connectivity index (χ1) is 10.7. The lowest BCUT2D eigenvalue weighted by atomic mass is 10.2. The quantitative estimate of drug-likeness (QED) is 0.889. The fourth-order valence-corrected chi connectivity index (χ4v) is 2.58. The molecule has 0 spiro atoms. The molecule has 0 unspecified atom stereocenters. The fraction of sp³-hybridized carbons (Fsp3) is 0.467. The molecule has 0 amide bonds. The minimum Gasteiger partial charge on any atom is -0.381 e. The zero-order valence-corrected chi connectivity index (χ0v) is 13.6. The summed E-state index contributed by atoms with van der Waals surface area (Å²) in [5, 5.41) is 8.07. The van der Waals surface area contributed by atoms with Gasteiger partial charge in [0.25, 0.3) is 0 Å². The van der Waals surface area contributed by atoms with Gasteiger partial charge in [0.2, 0.25) is 0 Å². The van der Waals surface area contributed by atoms with Gasteiger partial charge in [0.05, 0.1) is 25.5 Å². The van der Waals surface area contributed by atoms with Gasteiger partial charge >= 0.3 is 0 Å². The molecule has 1 saturated heterocycles. The molecular formula is C15H21ClFN5O. The van der Waals surface area contributed by atoms with Crippen molar-refractivity contribution >= 4 is 18.2 Å². The van der Waals surface area contributed by atoms with Crippen molar-refractivity contribution in [2.24, 2.45) is 0 Å². The van der Waals surface area contributed by atoms with Crippen LogP contribution in [0.15, 0.2) is 24.3 Å². The number of morpholine rings is 1. The van der Waals surface area contributed by atoms with E-state index < -0.39 is 0 Å². The van der Waals surface area contributed by atoms with Crippen LogP contribution in [0.3, 0.4) is 0 Å². The second-order valence-electron chi connectivity index (χ2n) is 5.41. The number of rotatable bonds is 5. The summed E-state index contributed by atoms with van der Waals surface area (Å²) in [5.74, 6) is 0.227. The highest BCUT2D eigenvalue weighted by Gasteiger charge is 2.15. The van der Waals surface area contributed by atoms with Crippen LogP contribution in [-0.2, 0) is 17.7 Å². The Bertz CT molecular complexity index is 613. The van der Waals surface area contributed by atoms with Crippen LogP contribution in [0.25, 0.3) is 0 Å². The van der Waals surface area contributed by atoms with E-state index >= 15 is 0 Å². The minimum atomic E-state index is -0.241. The van der Waals surface area contributed by atoms with Crippen LogP contribution < -0.4 is 5.73 Å². The second-order valence-corrected chi connectivity index (χ2v) is 5.41. The van der Waals surface area contributed by atoms with Crippen molar-refractivity contribution < 1.29 is 9.13 Å². The first-order valence-corrected chi connectivity index (χ1v) is 7.45. The van der Waals surface area contributed by atoms with E-state index in [4.69, 9.17) is 10.5 Å². The third-order valence-electron chi connectivity index (χ3n) is 3.88. The Hall–Kier alpha value is -1.70. The van der Waals surface area contributed by atoms with Crippen molar-refractivity contribution in [3.05, 3.63) is 41.3 Å². The molecule has 2 N–H and O–H groups in total. The van der Waals surface area contributed by atoms with Gasteiger partial charge < -0.3 is 10.5 Å². The molecule has 2 heterocycles. The van der Waals surface area contributed by atoms with Gasteiger partial charge in [-0.2, -0.15) is 0 Å². The molecule has 1 aromatic carbocycles. The summed E-state index contributed by atoms with van der Waals surface area (Å²) >= 11 is 0. The number of ether oxygens (including phenoxy) is 1. The number of hydrogen-bond acceptors (Lipinski definition) is 5. The van der Waals surface area contributed by atoms with Gasteiger partial charge in [-0.25, -0.2) is 9.07 Å². The van der Waals surface area contributed by atoms with Gasteiger partial charge in [-0.1, -0.05) is 17.3 Å². The van der Waals surface area contributed by atoms with Crippen molar-refractivity contribution in [1.29, 1.82) is 0 Å². The summed E-state index contributed by atoms with van der Waals surface area (Å²) in [7, 11) is 0. The minimum absolute atomic E-state index is 0. The highest BCUT2D eigenvalue weighted by Crippen LogP contribution is 2.13. The summed E-state index contributed by atoms with van der Waals surface area (Å²) in [6, 6.07) is 6.39. The van der Waals surface area contributed by atoms with Gasteiger partial charge in [-0.3, -0.25) is 4.90 Å². The van der Waals surface area contributed by atoms with E-state index in [1.165, 1.54) is 12.1 Å². The van der Waals surface area contributed by atoms with E-state index in [0.29, 0.717) is 12.4 Å². The normalized spacial score (nSPS) is 15.3. The molecule has 23 heavy (non-hydrogen) atoms. The molecule has 1 fully saturated rings. The maximum Gasteiger partial charge on any atom is 0.169 e. The first-order valence-electron chi connectivity index (χ1n) is 7.45. The summed E-state index contributed by atoms with van der Waals surface area (Å²) < 4.78 is 20.1. The SMILES string of the molecule is Cl.Nc1nnn(Cc2ccc(F)cc2)c1CCN1CCOCC1. The Morgan fingerprint density at radius 1 is 1.17 bits per heavy atom. The fourth-order valence-electron chi connectivity index (χ4n) is 2.58. The molecule has 0 bridgehead atoms. The summed E-state index contributed by atoms with van der Waals surface area (Å²) in [4.78, 5) is 2.35. The van der Waals surface area contributed by atoms with Gasteiger partial charge in [0.1, 0.15) is 5.82 Å². The number of nitrogen functional groups attached to an aromatic ring is 1. The average molecular weight is 342 g/mol. The topological polar surface area (TPSA) is 69.2 Å². The van der Waals surface area contributed by atoms with Crippen molar-refractivity contribution in [1.82, 2.24) is 19.9 Å². The van der Waals surface area contributed by atoms with Crippen molar-refractivity contribution in [2.75, 3.05) is 38.6 Å². The average Bonchev–Trinajstić information content (AvgIpc) is 2.89. The van der Waals surface area contributed by atoms with E-state index in [1.54, 1.807) is 16.8 Å². The molecule has 2 aromatic rings. The smallest absolute Gasteiger partial charge is 0.169 e. The Labute approximate surface area is 140 Å². The number of halogens is 2. The molecule has 0 atom stereocenters. The number of nitrogens with zero attached hydrogens (tertiary/aromatic N) is 4. The highest BCUT2D eigenvalue weighted by molar-refractivity contribution is 5.85. The monoisotopic (exact) mass is 341 g/mol. The van der Waals surface area contributed by atoms with Crippen LogP contribution >= 0.6 is 12.4 Å². The van der Waals surface area contributed by atoms with Crippen LogP contribution in [0.4, 0.5) is 10.2 Å². The standard InChI is InChI=1S/C15H20FN5O.ClH/c16-13-3-1-12(2-4-13)11-21-14(15(17)18-19-21)5-6-20-7-9-22-10-8-20;/h1-4H,5-11,17H2;1H. The highest BCUT2D eigenvalue weighted by atomic mass is 35.5. The Morgan fingerprint density at radius 2 is 1.87 bits per heavy atom. The van der Waals surface area contributed by atoms with Gasteiger partial charge in [0, 0.05) is 26.1 Å². The van der Waals surface area contributed by atoms with Crippen LogP contribution in [0, 0.1) is 5.82 Å². The number of anilines is 1. The maximum absolute atomic E-state index is 13.0. The number of benzene rings is 1. The lowest BCUT2D eigenvalue weighted by Gasteiger charge is -2.26. The van der Waals surface area contributed by atoms with Gasteiger partial charge in [-0.15, -0.1) is 17.5 Å². The van der Waals surface area contributed by atoms with Crippen LogP contribution in [0.5, 0.6) is 0 Å². The molecule has 0 radical (unpaired) electrons. The van der Waals surface area contributed by atoms with E-state index in [2.05, 4.69) is 15.2 Å². The van der Waals surface area contributed by atoms with E-state index in [1.807, 2.05) is 0 Å². The lowest BCUT2D eigenvalue weighted by Crippen LogP contribution is -2.37. The molecule has 126 valence electrons. The zero-order valence-electron chi connectivity index (χ0n) is 12.8. The van der Waals surface area contributed by atoms with E-state index in [9.17, 15) is 4.39 Å². The van der Waals surface area contributed by atoms with E-state index in [-0.39, 0.29) is 18.2 Å². The predicted octanol–water partition coefficient (Wildman–Crippen LogP) is 1.34. The van der Waals surface area contributed by atoms with E-state index in [0.717, 1.165) is 50.5 Å². The molecule has 8 heteroatoms. The molecule has 1 aliphatic rings. The molecule has 0 aliphatic carbocycles. The van der Waals surface area contributed by atoms with Crippen molar-refractivity contribution in [3.8, 4) is 0 Å². The summed E-state index contributed by atoms with van der Waals surface area (Å²) in [6.45, 7) is 4.90. The molecule has 6 nitrogen and oxygen atoms in total. The largest absolute Gasteiger partial charge is 0.381 e. The van der Waals surface area contributed by atoms with Gasteiger partial charge in [0.15, 0.2) is 5.82 Å². The predicted molar refractivity (Wildman–Crippen MR) is 88.1 cm³/mol. The molecule has 1 aliphatic heterocycles. The summed E-state index contributed by atoms with van der Waals surface area (Å²) in [6.07, 6.45) is 0.792. The molecular weight excluding hydrogens is 321 g/mol. The molecule has 1 aromatic heterocycles. The molecule has 0 saturated carbocycles. The Kier molecular flexibility index (Phi) is 6.32. The summed E-state index contributed by atoms with van der Waals surface area (Å²) in [5.41, 5.74) is 7.84. The zero-order chi connectivity index (χ0) is 15.4.